The molecule has 3 N–H and O–H groups in total. The third kappa shape index (κ3) is 3.15. The van der Waals surface area contributed by atoms with Crippen LogP contribution in [0.25, 0.3) is 10.9 Å². The minimum Gasteiger partial charge on any atom is -0.358 e. The van der Waals surface area contributed by atoms with Gasteiger partial charge in [0.2, 0.25) is 5.91 Å². The van der Waals surface area contributed by atoms with E-state index in [0.29, 0.717) is 16.9 Å². The number of benzene rings is 2. The van der Waals surface area contributed by atoms with Crippen molar-refractivity contribution in [2.45, 2.75) is 20.8 Å². The van der Waals surface area contributed by atoms with Gasteiger partial charge in [-0.05, 0) is 50.2 Å². The van der Waals surface area contributed by atoms with Gasteiger partial charge in [0.05, 0.1) is 5.56 Å². The summed E-state index contributed by atoms with van der Waals surface area (Å²) >= 11 is 0. The van der Waals surface area contributed by atoms with Crippen molar-refractivity contribution in [3.63, 3.8) is 0 Å². The predicted octanol–water partition coefficient (Wildman–Crippen LogP) is 4.00. The van der Waals surface area contributed by atoms with E-state index in [-0.39, 0.29) is 11.8 Å². The summed E-state index contributed by atoms with van der Waals surface area (Å²) in [5.41, 5.74) is 4.91. The fourth-order valence-corrected chi connectivity index (χ4v) is 2.77. The Balaban J connectivity index is 1.86. The average molecular weight is 321 g/mol. The lowest BCUT2D eigenvalue weighted by Crippen LogP contribution is -2.13. The molecule has 0 radical (unpaired) electrons. The smallest absolute Gasteiger partial charge is 0.258 e. The van der Waals surface area contributed by atoms with E-state index in [9.17, 15) is 9.59 Å². The van der Waals surface area contributed by atoms with Crippen molar-refractivity contribution in [1.29, 1.82) is 0 Å². The molecule has 0 fully saturated rings. The van der Waals surface area contributed by atoms with Gasteiger partial charge in [-0.1, -0.05) is 11.6 Å². The molecule has 24 heavy (non-hydrogen) atoms. The first-order valence-corrected chi connectivity index (χ1v) is 7.72. The number of anilines is 2. The van der Waals surface area contributed by atoms with Crippen LogP contribution in [-0.2, 0) is 4.79 Å². The molecule has 0 saturated carbocycles. The maximum absolute atomic E-state index is 12.7. The predicted molar refractivity (Wildman–Crippen MR) is 96.5 cm³/mol. The van der Waals surface area contributed by atoms with Crippen LogP contribution in [0.3, 0.4) is 0 Å². The molecule has 0 aliphatic rings. The summed E-state index contributed by atoms with van der Waals surface area (Å²) < 4.78 is 0. The Hall–Kier alpha value is -3.08. The molecular formula is C19H19N3O2. The second-order valence-electron chi connectivity index (χ2n) is 5.89. The normalized spacial score (nSPS) is 10.6. The molecule has 3 rings (SSSR count). The summed E-state index contributed by atoms with van der Waals surface area (Å²) in [5.74, 6) is -0.284. The zero-order chi connectivity index (χ0) is 17.3. The highest BCUT2D eigenvalue weighted by Gasteiger charge is 2.16. The fraction of sp³-hybridized carbons (Fsp3) is 0.158. The van der Waals surface area contributed by atoms with Gasteiger partial charge in [-0.3, -0.25) is 9.59 Å². The van der Waals surface area contributed by atoms with Crippen LogP contribution in [0, 0.1) is 13.8 Å². The van der Waals surface area contributed by atoms with E-state index in [2.05, 4.69) is 15.6 Å². The molecule has 0 aliphatic heterocycles. The number of aryl methyl sites for hydroxylation is 2. The second-order valence-corrected chi connectivity index (χ2v) is 5.89. The molecule has 1 aromatic heterocycles. The lowest BCUT2D eigenvalue weighted by atomic mass is 10.1. The van der Waals surface area contributed by atoms with Crippen molar-refractivity contribution in [3.05, 3.63) is 59.3 Å². The molecule has 3 aromatic rings. The number of hydrogen-bond donors (Lipinski definition) is 3. The van der Waals surface area contributed by atoms with E-state index in [1.165, 1.54) is 6.92 Å². The van der Waals surface area contributed by atoms with Gasteiger partial charge in [-0.25, -0.2) is 0 Å². The lowest BCUT2D eigenvalue weighted by Gasteiger charge is -2.07. The summed E-state index contributed by atoms with van der Waals surface area (Å²) in [6.45, 7) is 5.35. The highest BCUT2D eigenvalue weighted by Crippen LogP contribution is 2.24. The number of rotatable bonds is 3. The first-order valence-electron chi connectivity index (χ1n) is 7.72. The van der Waals surface area contributed by atoms with Crippen LogP contribution in [0.5, 0.6) is 0 Å². The highest BCUT2D eigenvalue weighted by atomic mass is 16.2. The van der Waals surface area contributed by atoms with Gasteiger partial charge in [-0.15, -0.1) is 0 Å². The van der Waals surface area contributed by atoms with E-state index in [1.807, 2.05) is 32.0 Å². The number of amides is 2. The zero-order valence-corrected chi connectivity index (χ0v) is 13.9. The molecule has 0 saturated heterocycles. The summed E-state index contributed by atoms with van der Waals surface area (Å²) in [5, 5.41) is 6.52. The van der Waals surface area contributed by atoms with Crippen LogP contribution in [0.15, 0.2) is 42.5 Å². The largest absolute Gasteiger partial charge is 0.358 e. The van der Waals surface area contributed by atoms with Crippen LogP contribution < -0.4 is 10.6 Å². The van der Waals surface area contributed by atoms with Crippen molar-refractivity contribution in [3.8, 4) is 0 Å². The average Bonchev–Trinajstić information content (AvgIpc) is 2.84. The molecular weight excluding hydrogens is 302 g/mol. The Kier molecular flexibility index (Phi) is 4.08. The van der Waals surface area contributed by atoms with Crippen LogP contribution in [-0.4, -0.2) is 16.8 Å². The van der Waals surface area contributed by atoms with Crippen molar-refractivity contribution in [2.24, 2.45) is 0 Å². The van der Waals surface area contributed by atoms with E-state index >= 15 is 0 Å². The summed E-state index contributed by atoms with van der Waals surface area (Å²) in [4.78, 5) is 27.0. The van der Waals surface area contributed by atoms with Crippen LogP contribution in [0.2, 0.25) is 0 Å². The van der Waals surface area contributed by atoms with Crippen molar-refractivity contribution >= 4 is 34.1 Å². The molecule has 2 amide bonds. The first kappa shape index (κ1) is 15.8. The van der Waals surface area contributed by atoms with Gasteiger partial charge in [0, 0.05) is 34.9 Å². The minimum atomic E-state index is -0.156. The van der Waals surface area contributed by atoms with E-state index in [0.717, 1.165) is 22.2 Å². The summed E-state index contributed by atoms with van der Waals surface area (Å²) in [6.07, 6.45) is 0. The number of fused-ring (bicyclic) bond motifs is 1. The monoisotopic (exact) mass is 321 g/mol. The van der Waals surface area contributed by atoms with E-state index in [4.69, 9.17) is 0 Å². The third-order valence-electron chi connectivity index (χ3n) is 3.83. The van der Waals surface area contributed by atoms with Gasteiger partial charge in [0.1, 0.15) is 0 Å². The Morgan fingerprint density at radius 3 is 2.17 bits per heavy atom. The molecule has 0 unspecified atom stereocenters. The quantitative estimate of drug-likeness (QED) is 0.682. The van der Waals surface area contributed by atoms with Crippen LogP contribution >= 0.6 is 0 Å². The minimum absolute atomic E-state index is 0.128. The molecule has 1 heterocycles. The SMILES string of the molecule is CC(=O)Nc1ccc(NC(=O)c2c(C)[nH]c3ccc(C)cc23)cc1. The lowest BCUT2D eigenvalue weighted by molar-refractivity contribution is -0.114. The molecule has 0 aliphatic carbocycles. The van der Waals surface area contributed by atoms with Crippen molar-refractivity contribution in [2.75, 3.05) is 10.6 Å². The summed E-state index contributed by atoms with van der Waals surface area (Å²) in [7, 11) is 0. The topological polar surface area (TPSA) is 74.0 Å². The number of carbonyl (C=O) groups is 2. The second kappa shape index (κ2) is 6.20. The number of aromatic nitrogens is 1. The van der Waals surface area contributed by atoms with Crippen LogP contribution in [0.4, 0.5) is 11.4 Å². The fourth-order valence-electron chi connectivity index (χ4n) is 2.77. The van der Waals surface area contributed by atoms with E-state index in [1.54, 1.807) is 24.3 Å². The molecule has 0 spiro atoms. The van der Waals surface area contributed by atoms with Gasteiger partial charge < -0.3 is 15.6 Å². The maximum atomic E-state index is 12.7. The van der Waals surface area contributed by atoms with Gasteiger partial charge >= 0.3 is 0 Å². The molecule has 5 nitrogen and oxygen atoms in total. The molecule has 0 atom stereocenters. The number of carbonyl (C=O) groups excluding carboxylic acids is 2. The Labute approximate surface area is 140 Å². The van der Waals surface area contributed by atoms with Gasteiger partial charge in [0.15, 0.2) is 0 Å². The highest BCUT2D eigenvalue weighted by molar-refractivity contribution is 6.14. The third-order valence-corrected chi connectivity index (χ3v) is 3.83. The van der Waals surface area contributed by atoms with Crippen molar-refractivity contribution < 1.29 is 9.59 Å². The Morgan fingerprint density at radius 2 is 1.54 bits per heavy atom. The van der Waals surface area contributed by atoms with Crippen molar-refractivity contribution in [1.82, 2.24) is 4.98 Å². The molecule has 5 heteroatoms. The molecule has 0 bridgehead atoms. The maximum Gasteiger partial charge on any atom is 0.258 e. The Bertz CT molecular complexity index is 924. The number of aromatic amines is 1. The van der Waals surface area contributed by atoms with Crippen LogP contribution in [0.1, 0.15) is 28.5 Å². The Morgan fingerprint density at radius 1 is 0.917 bits per heavy atom. The number of hydrogen-bond acceptors (Lipinski definition) is 2. The summed E-state index contributed by atoms with van der Waals surface area (Å²) in [6, 6.07) is 13.0. The van der Waals surface area contributed by atoms with Gasteiger partial charge in [0.25, 0.3) is 5.91 Å². The first-order chi connectivity index (χ1) is 11.4. The molecule has 122 valence electrons. The standard InChI is InChI=1S/C19H19N3O2/c1-11-4-9-17-16(10-11)18(12(2)20-17)19(24)22-15-7-5-14(6-8-15)21-13(3)23/h4-10,20H,1-3H3,(H,21,23)(H,22,24). The number of nitrogens with one attached hydrogen (secondary N) is 3. The number of H-pyrrole nitrogens is 1. The zero-order valence-electron chi connectivity index (χ0n) is 13.9. The molecule has 2 aromatic carbocycles. The van der Waals surface area contributed by atoms with E-state index < -0.39 is 0 Å². The van der Waals surface area contributed by atoms with Gasteiger partial charge in [-0.2, -0.15) is 0 Å².